The van der Waals surface area contributed by atoms with Gasteiger partial charge in [0.15, 0.2) is 0 Å². The quantitative estimate of drug-likeness (QED) is 0.813. The van der Waals surface area contributed by atoms with E-state index in [1.165, 1.54) is 4.31 Å². The number of morpholine rings is 1. The van der Waals surface area contributed by atoms with Crippen molar-refractivity contribution in [3.05, 3.63) is 29.8 Å². The predicted molar refractivity (Wildman–Crippen MR) is 75.9 cm³/mol. The molecule has 0 radical (unpaired) electrons. The first kappa shape index (κ1) is 15.8. The normalized spacial score (nSPS) is 27.6. The molecule has 0 saturated carbocycles. The van der Waals surface area contributed by atoms with Crippen LogP contribution in [0.5, 0.6) is 0 Å². The highest BCUT2D eigenvalue weighted by Crippen LogP contribution is 2.27. The molecule has 0 N–H and O–H groups in total. The Morgan fingerprint density at radius 3 is 2.82 bits per heavy atom. The monoisotopic (exact) mass is 332 g/mol. The van der Waals surface area contributed by atoms with Crippen molar-refractivity contribution in [1.29, 1.82) is 0 Å². The summed E-state index contributed by atoms with van der Waals surface area (Å²) in [5.41, 5.74) is 0. The molecule has 122 valence electrons. The lowest BCUT2D eigenvalue weighted by Gasteiger charge is -2.45. The molecular formula is C14H18F2N2O3S. The Balaban J connectivity index is 1.88. The van der Waals surface area contributed by atoms with E-state index in [-0.39, 0.29) is 25.2 Å². The van der Waals surface area contributed by atoms with Crippen molar-refractivity contribution < 1.29 is 21.9 Å². The summed E-state index contributed by atoms with van der Waals surface area (Å²) in [6.45, 7) is 1.82. The van der Waals surface area contributed by atoms with Crippen LogP contribution in [-0.4, -0.2) is 63.1 Å². The molecule has 2 saturated heterocycles. The summed E-state index contributed by atoms with van der Waals surface area (Å²) in [6, 6.07) is 2.42. The Hall–Kier alpha value is -1.09. The van der Waals surface area contributed by atoms with E-state index in [4.69, 9.17) is 4.74 Å². The summed E-state index contributed by atoms with van der Waals surface area (Å²) in [5, 5.41) is 0. The standard InChI is InChI=1S/C14H18F2N2O3S/c1-17-6-7-21-13-4-5-18(9-12(13)17)22(19,20)14-8-10(15)2-3-11(14)16/h2-3,8,12-13H,4-7,9H2,1H3. The minimum atomic E-state index is -4.05. The van der Waals surface area contributed by atoms with Gasteiger partial charge in [-0.3, -0.25) is 4.90 Å². The van der Waals surface area contributed by atoms with Crippen molar-refractivity contribution in [1.82, 2.24) is 9.21 Å². The molecule has 2 aliphatic heterocycles. The van der Waals surface area contributed by atoms with Crippen LogP contribution in [0.2, 0.25) is 0 Å². The highest BCUT2D eigenvalue weighted by atomic mass is 32.2. The van der Waals surface area contributed by atoms with Crippen molar-refractivity contribution in [2.45, 2.75) is 23.5 Å². The second-order valence-corrected chi connectivity index (χ2v) is 7.59. The Kier molecular flexibility index (Phi) is 4.19. The summed E-state index contributed by atoms with van der Waals surface area (Å²) in [5.74, 6) is -1.70. The minimum Gasteiger partial charge on any atom is -0.375 e. The lowest BCUT2D eigenvalue weighted by atomic mass is 10.0. The molecule has 0 bridgehead atoms. The van der Waals surface area contributed by atoms with Crippen molar-refractivity contribution in [3.8, 4) is 0 Å². The minimum absolute atomic E-state index is 0.0115. The van der Waals surface area contributed by atoms with Crippen LogP contribution in [0.4, 0.5) is 8.78 Å². The molecule has 2 fully saturated rings. The zero-order valence-electron chi connectivity index (χ0n) is 12.2. The number of sulfonamides is 1. The maximum absolute atomic E-state index is 13.8. The number of hydrogen-bond donors (Lipinski definition) is 0. The van der Waals surface area contributed by atoms with Crippen molar-refractivity contribution in [2.75, 3.05) is 33.3 Å². The van der Waals surface area contributed by atoms with E-state index in [1.807, 2.05) is 7.05 Å². The van der Waals surface area contributed by atoms with E-state index < -0.39 is 26.6 Å². The van der Waals surface area contributed by atoms with Crippen molar-refractivity contribution in [3.63, 3.8) is 0 Å². The number of rotatable bonds is 2. The third-order valence-corrected chi connectivity index (χ3v) is 6.22. The number of likely N-dealkylation sites (N-methyl/N-ethyl adjacent to an activating group) is 1. The van der Waals surface area contributed by atoms with Crippen LogP contribution in [-0.2, 0) is 14.8 Å². The maximum atomic E-state index is 13.8. The van der Waals surface area contributed by atoms with Crippen LogP contribution in [0.25, 0.3) is 0 Å². The molecule has 0 aliphatic carbocycles. The molecular weight excluding hydrogens is 314 g/mol. The van der Waals surface area contributed by atoms with Gasteiger partial charge in [0, 0.05) is 25.7 Å². The van der Waals surface area contributed by atoms with Crippen LogP contribution in [0.1, 0.15) is 6.42 Å². The lowest BCUT2D eigenvalue weighted by Crippen LogP contribution is -2.59. The third-order valence-electron chi connectivity index (χ3n) is 4.34. The molecule has 0 amide bonds. The van der Waals surface area contributed by atoms with E-state index >= 15 is 0 Å². The summed E-state index contributed by atoms with van der Waals surface area (Å²) < 4.78 is 59.2. The van der Waals surface area contributed by atoms with Gasteiger partial charge in [0.2, 0.25) is 10.0 Å². The molecule has 0 aromatic heterocycles. The van der Waals surface area contributed by atoms with Crippen LogP contribution < -0.4 is 0 Å². The van der Waals surface area contributed by atoms with Gasteiger partial charge in [0.05, 0.1) is 12.7 Å². The number of nitrogens with zero attached hydrogens (tertiary/aromatic N) is 2. The van der Waals surface area contributed by atoms with Gasteiger partial charge in [-0.05, 0) is 31.7 Å². The molecule has 2 atom stereocenters. The summed E-state index contributed by atoms with van der Waals surface area (Å²) in [7, 11) is -2.14. The number of benzene rings is 1. The summed E-state index contributed by atoms with van der Waals surface area (Å²) in [6.07, 6.45) is 0.535. The van der Waals surface area contributed by atoms with E-state index in [1.54, 1.807) is 0 Å². The van der Waals surface area contributed by atoms with Crippen LogP contribution in [0, 0.1) is 11.6 Å². The van der Waals surface area contributed by atoms with Gasteiger partial charge < -0.3 is 4.74 Å². The SMILES string of the molecule is CN1CCOC2CCN(S(=O)(=O)c3cc(F)ccc3F)CC21. The zero-order chi connectivity index (χ0) is 15.9. The average molecular weight is 332 g/mol. The first-order chi connectivity index (χ1) is 10.4. The molecule has 5 nitrogen and oxygen atoms in total. The molecule has 2 heterocycles. The fourth-order valence-corrected chi connectivity index (χ4v) is 4.59. The predicted octanol–water partition coefficient (Wildman–Crippen LogP) is 1.06. The van der Waals surface area contributed by atoms with Crippen molar-refractivity contribution >= 4 is 10.0 Å². The Morgan fingerprint density at radius 2 is 2.05 bits per heavy atom. The molecule has 2 aliphatic rings. The molecule has 8 heteroatoms. The van der Waals surface area contributed by atoms with Gasteiger partial charge in [-0.1, -0.05) is 0 Å². The van der Waals surface area contributed by atoms with Gasteiger partial charge in [-0.25, -0.2) is 17.2 Å². The molecule has 3 rings (SSSR count). The second kappa shape index (κ2) is 5.84. The summed E-state index contributed by atoms with van der Waals surface area (Å²) in [4.78, 5) is 1.45. The van der Waals surface area contributed by atoms with E-state index in [0.717, 1.165) is 24.7 Å². The highest BCUT2D eigenvalue weighted by Gasteiger charge is 2.40. The topological polar surface area (TPSA) is 49.9 Å². The largest absolute Gasteiger partial charge is 0.375 e. The smallest absolute Gasteiger partial charge is 0.246 e. The third kappa shape index (κ3) is 2.76. The highest BCUT2D eigenvalue weighted by molar-refractivity contribution is 7.89. The van der Waals surface area contributed by atoms with Gasteiger partial charge in [-0.2, -0.15) is 4.31 Å². The molecule has 22 heavy (non-hydrogen) atoms. The van der Waals surface area contributed by atoms with E-state index in [2.05, 4.69) is 4.90 Å². The Labute approximate surface area is 128 Å². The van der Waals surface area contributed by atoms with Gasteiger partial charge in [0.25, 0.3) is 0 Å². The van der Waals surface area contributed by atoms with Gasteiger partial charge in [-0.15, -0.1) is 0 Å². The molecule has 2 unspecified atom stereocenters. The van der Waals surface area contributed by atoms with Crippen LogP contribution in [0.3, 0.4) is 0 Å². The van der Waals surface area contributed by atoms with Gasteiger partial charge in [0.1, 0.15) is 16.5 Å². The number of piperidine rings is 1. The number of halogens is 2. The van der Waals surface area contributed by atoms with E-state index in [0.29, 0.717) is 13.0 Å². The molecule has 0 spiro atoms. The van der Waals surface area contributed by atoms with Crippen LogP contribution >= 0.6 is 0 Å². The number of ether oxygens (including phenoxy) is 1. The zero-order valence-corrected chi connectivity index (χ0v) is 13.0. The molecule has 1 aromatic carbocycles. The average Bonchev–Trinajstić information content (AvgIpc) is 2.49. The Bertz CT molecular complexity index is 668. The first-order valence-electron chi connectivity index (χ1n) is 7.16. The number of fused-ring (bicyclic) bond motifs is 1. The second-order valence-electron chi connectivity index (χ2n) is 5.68. The van der Waals surface area contributed by atoms with Gasteiger partial charge >= 0.3 is 0 Å². The van der Waals surface area contributed by atoms with Crippen LogP contribution in [0.15, 0.2) is 23.1 Å². The fourth-order valence-electron chi connectivity index (χ4n) is 3.04. The Morgan fingerprint density at radius 1 is 1.27 bits per heavy atom. The maximum Gasteiger partial charge on any atom is 0.246 e. The lowest BCUT2D eigenvalue weighted by molar-refractivity contribution is -0.0840. The van der Waals surface area contributed by atoms with Crippen molar-refractivity contribution in [2.24, 2.45) is 0 Å². The first-order valence-corrected chi connectivity index (χ1v) is 8.60. The summed E-state index contributed by atoms with van der Waals surface area (Å²) >= 11 is 0. The number of hydrogen-bond acceptors (Lipinski definition) is 4. The molecule has 1 aromatic rings. The van der Waals surface area contributed by atoms with E-state index in [9.17, 15) is 17.2 Å². The fraction of sp³-hybridized carbons (Fsp3) is 0.571.